The summed E-state index contributed by atoms with van der Waals surface area (Å²) in [4.78, 5) is 0. The second-order valence-electron chi connectivity index (χ2n) is 4.64. The van der Waals surface area contributed by atoms with E-state index in [1.807, 2.05) is 0 Å². The highest BCUT2D eigenvalue weighted by Crippen LogP contribution is 2.26. The van der Waals surface area contributed by atoms with Crippen LogP contribution in [-0.2, 0) is 6.42 Å². The van der Waals surface area contributed by atoms with E-state index in [0.717, 1.165) is 6.42 Å². The van der Waals surface area contributed by atoms with E-state index < -0.39 is 0 Å². The molecule has 0 atom stereocenters. The Bertz CT molecular complexity index is 318. The van der Waals surface area contributed by atoms with Crippen molar-refractivity contribution in [3.8, 4) is 0 Å². The summed E-state index contributed by atoms with van der Waals surface area (Å²) in [5.74, 6) is 0. The van der Waals surface area contributed by atoms with Crippen molar-refractivity contribution in [2.75, 3.05) is 6.54 Å². The Kier molecular flexibility index (Phi) is 3.73. The quantitative estimate of drug-likeness (QED) is 0.882. The molecule has 1 aromatic carbocycles. The lowest BCUT2D eigenvalue weighted by Crippen LogP contribution is -2.26. The van der Waals surface area contributed by atoms with Crippen molar-refractivity contribution >= 4 is 15.9 Å². The fourth-order valence-electron chi connectivity index (χ4n) is 1.38. The molecule has 2 heteroatoms. The highest BCUT2D eigenvalue weighted by molar-refractivity contribution is 9.10. The lowest BCUT2D eigenvalue weighted by atomic mass is 9.86. The first-order valence-corrected chi connectivity index (χ1v) is 5.69. The Balaban J connectivity index is 2.87. The second-order valence-corrected chi connectivity index (χ2v) is 5.49. The van der Waals surface area contributed by atoms with E-state index in [4.69, 9.17) is 5.73 Å². The van der Waals surface area contributed by atoms with Crippen LogP contribution in [0.4, 0.5) is 0 Å². The summed E-state index contributed by atoms with van der Waals surface area (Å²) in [6.07, 6.45) is 1.02. The van der Waals surface area contributed by atoms with Gasteiger partial charge < -0.3 is 5.73 Å². The van der Waals surface area contributed by atoms with Crippen molar-refractivity contribution in [2.45, 2.75) is 27.2 Å². The van der Waals surface area contributed by atoms with Crippen molar-refractivity contribution in [2.24, 2.45) is 11.1 Å². The number of aryl methyl sites for hydroxylation is 1. The van der Waals surface area contributed by atoms with Crippen LogP contribution >= 0.6 is 15.9 Å². The lowest BCUT2D eigenvalue weighted by Gasteiger charge is -2.23. The monoisotopic (exact) mass is 255 g/mol. The number of hydrogen-bond donors (Lipinski definition) is 1. The Morgan fingerprint density at radius 2 is 2.00 bits per heavy atom. The van der Waals surface area contributed by atoms with Crippen LogP contribution in [0.5, 0.6) is 0 Å². The smallest absolute Gasteiger partial charge is 0.0210 e. The summed E-state index contributed by atoms with van der Waals surface area (Å²) in [5, 5.41) is 0. The summed E-state index contributed by atoms with van der Waals surface area (Å²) >= 11 is 3.59. The SMILES string of the molecule is Cc1ccc(CC(C)(C)CN)c(Br)c1. The van der Waals surface area contributed by atoms with E-state index in [1.54, 1.807) is 0 Å². The van der Waals surface area contributed by atoms with E-state index in [-0.39, 0.29) is 5.41 Å². The van der Waals surface area contributed by atoms with Gasteiger partial charge in [0.25, 0.3) is 0 Å². The average molecular weight is 256 g/mol. The summed E-state index contributed by atoms with van der Waals surface area (Å²) in [6, 6.07) is 6.48. The molecular formula is C12H18BrN. The lowest BCUT2D eigenvalue weighted by molar-refractivity contribution is 0.376. The van der Waals surface area contributed by atoms with Gasteiger partial charge in [0.05, 0.1) is 0 Å². The van der Waals surface area contributed by atoms with Crippen molar-refractivity contribution in [3.63, 3.8) is 0 Å². The van der Waals surface area contributed by atoms with Crippen LogP contribution in [0, 0.1) is 12.3 Å². The summed E-state index contributed by atoms with van der Waals surface area (Å²) < 4.78 is 1.19. The Morgan fingerprint density at radius 1 is 1.36 bits per heavy atom. The minimum Gasteiger partial charge on any atom is -0.330 e. The maximum absolute atomic E-state index is 5.72. The molecule has 0 aliphatic heterocycles. The molecule has 0 unspecified atom stereocenters. The molecule has 0 saturated carbocycles. The minimum atomic E-state index is 0.178. The van der Waals surface area contributed by atoms with Crippen LogP contribution in [0.2, 0.25) is 0 Å². The van der Waals surface area contributed by atoms with Crippen molar-refractivity contribution < 1.29 is 0 Å². The largest absolute Gasteiger partial charge is 0.330 e. The van der Waals surface area contributed by atoms with Gasteiger partial charge in [-0.15, -0.1) is 0 Å². The number of halogens is 1. The number of benzene rings is 1. The molecule has 1 aromatic rings. The van der Waals surface area contributed by atoms with Gasteiger partial charge in [0.1, 0.15) is 0 Å². The average Bonchev–Trinajstić information content (AvgIpc) is 2.10. The van der Waals surface area contributed by atoms with Gasteiger partial charge in [0.15, 0.2) is 0 Å². The molecule has 1 rings (SSSR count). The first kappa shape index (κ1) is 11.7. The number of nitrogens with two attached hydrogens (primary N) is 1. The van der Waals surface area contributed by atoms with Gasteiger partial charge in [-0.1, -0.05) is 41.9 Å². The molecule has 0 heterocycles. The molecule has 0 aromatic heterocycles. The predicted octanol–water partition coefficient (Wildman–Crippen LogP) is 3.28. The van der Waals surface area contributed by atoms with Crippen LogP contribution in [-0.4, -0.2) is 6.54 Å². The topological polar surface area (TPSA) is 26.0 Å². The fourth-order valence-corrected chi connectivity index (χ4v) is 2.02. The van der Waals surface area contributed by atoms with Crippen LogP contribution in [0.3, 0.4) is 0 Å². The molecule has 0 spiro atoms. The predicted molar refractivity (Wildman–Crippen MR) is 65.4 cm³/mol. The summed E-state index contributed by atoms with van der Waals surface area (Å²) in [7, 11) is 0. The Hall–Kier alpha value is -0.340. The molecule has 78 valence electrons. The third kappa shape index (κ3) is 3.10. The van der Waals surface area contributed by atoms with E-state index in [1.165, 1.54) is 15.6 Å². The third-order valence-electron chi connectivity index (χ3n) is 2.43. The summed E-state index contributed by atoms with van der Waals surface area (Å²) in [6.45, 7) is 7.20. The van der Waals surface area contributed by atoms with E-state index in [0.29, 0.717) is 6.54 Å². The van der Waals surface area contributed by atoms with E-state index in [2.05, 4.69) is 54.9 Å². The molecule has 0 aliphatic rings. The highest BCUT2D eigenvalue weighted by Gasteiger charge is 2.17. The first-order chi connectivity index (χ1) is 6.44. The zero-order valence-corrected chi connectivity index (χ0v) is 10.7. The molecular weight excluding hydrogens is 238 g/mol. The van der Waals surface area contributed by atoms with Gasteiger partial charge in [-0.25, -0.2) is 0 Å². The second kappa shape index (κ2) is 4.45. The van der Waals surface area contributed by atoms with Gasteiger partial charge >= 0.3 is 0 Å². The van der Waals surface area contributed by atoms with E-state index >= 15 is 0 Å². The third-order valence-corrected chi connectivity index (χ3v) is 3.17. The van der Waals surface area contributed by atoms with Crippen LogP contribution in [0.25, 0.3) is 0 Å². The number of rotatable bonds is 3. The van der Waals surface area contributed by atoms with E-state index in [9.17, 15) is 0 Å². The van der Waals surface area contributed by atoms with Crippen molar-refractivity contribution in [1.29, 1.82) is 0 Å². The Morgan fingerprint density at radius 3 is 2.50 bits per heavy atom. The molecule has 2 N–H and O–H groups in total. The standard InChI is InChI=1S/C12H18BrN/c1-9-4-5-10(11(13)6-9)7-12(2,3)8-14/h4-6H,7-8,14H2,1-3H3. The summed E-state index contributed by atoms with van der Waals surface area (Å²) in [5.41, 5.74) is 8.52. The van der Waals surface area contributed by atoms with Gasteiger partial charge in [-0.2, -0.15) is 0 Å². The zero-order valence-electron chi connectivity index (χ0n) is 9.10. The minimum absolute atomic E-state index is 0.178. The van der Waals surface area contributed by atoms with Crippen LogP contribution in [0.1, 0.15) is 25.0 Å². The molecule has 1 nitrogen and oxygen atoms in total. The Labute approximate surface area is 94.8 Å². The maximum atomic E-state index is 5.72. The van der Waals surface area contributed by atoms with Gasteiger partial charge in [0.2, 0.25) is 0 Å². The van der Waals surface area contributed by atoms with Crippen molar-refractivity contribution in [3.05, 3.63) is 33.8 Å². The van der Waals surface area contributed by atoms with Crippen LogP contribution in [0.15, 0.2) is 22.7 Å². The number of hydrogen-bond acceptors (Lipinski definition) is 1. The fraction of sp³-hybridized carbons (Fsp3) is 0.500. The molecule has 0 radical (unpaired) electrons. The zero-order chi connectivity index (χ0) is 10.8. The normalized spacial score (nSPS) is 11.8. The molecule has 14 heavy (non-hydrogen) atoms. The van der Waals surface area contributed by atoms with Gasteiger partial charge in [-0.05, 0) is 42.5 Å². The van der Waals surface area contributed by atoms with Crippen molar-refractivity contribution in [1.82, 2.24) is 0 Å². The molecule has 0 fully saturated rings. The molecule has 0 amide bonds. The molecule has 0 bridgehead atoms. The van der Waals surface area contributed by atoms with Gasteiger partial charge in [0, 0.05) is 4.47 Å². The van der Waals surface area contributed by atoms with Crippen LogP contribution < -0.4 is 5.73 Å². The first-order valence-electron chi connectivity index (χ1n) is 4.90. The molecule has 0 saturated heterocycles. The van der Waals surface area contributed by atoms with Gasteiger partial charge in [-0.3, -0.25) is 0 Å². The highest BCUT2D eigenvalue weighted by atomic mass is 79.9. The maximum Gasteiger partial charge on any atom is 0.0210 e. The molecule has 0 aliphatic carbocycles.